The zero-order valence-electron chi connectivity index (χ0n) is 15.2. The molecule has 0 unspecified atom stereocenters. The molecule has 3 rings (SSSR count). The molecule has 27 heavy (non-hydrogen) atoms. The normalized spacial score (nSPS) is 19.1. The molecular formula is C19H24ClN3O3S. The third kappa shape index (κ3) is 4.35. The molecule has 146 valence electrons. The van der Waals surface area contributed by atoms with Crippen molar-refractivity contribution in [2.45, 2.75) is 50.6 Å². The topological polar surface area (TPSA) is 69.7 Å². The fourth-order valence-electron chi connectivity index (χ4n) is 3.76. The molecule has 1 saturated heterocycles. The molecule has 4 amide bonds. The number of nitrogens with one attached hydrogen (secondary N) is 1. The highest BCUT2D eigenvalue weighted by Crippen LogP contribution is 2.32. The lowest BCUT2D eigenvalue weighted by Crippen LogP contribution is -2.47. The number of thiophene rings is 1. The van der Waals surface area contributed by atoms with Gasteiger partial charge in [-0.1, -0.05) is 43.4 Å². The lowest BCUT2D eigenvalue weighted by atomic mass is 9.90. The lowest BCUT2D eigenvalue weighted by Gasteiger charge is -2.26. The molecule has 2 heterocycles. The summed E-state index contributed by atoms with van der Waals surface area (Å²) in [5.74, 6) is -0.547. The average Bonchev–Trinajstić information content (AvgIpc) is 3.02. The molecule has 1 spiro atoms. The monoisotopic (exact) mass is 409 g/mol. The Balaban J connectivity index is 1.70. The van der Waals surface area contributed by atoms with Crippen LogP contribution in [-0.2, 0) is 16.1 Å². The van der Waals surface area contributed by atoms with Crippen LogP contribution in [0.3, 0.4) is 0 Å². The Labute approximate surface area is 168 Å². The van der Waals surface area contributed by atoms with Crippen LogP contribution < -0.4 is 5.32 Å². The minimum absolute atomic E-state index is 0.251. The summed E-state index contributed by atoms with van der Waals surface area (Å²) in [5, 5.41) is 2.87. The molecule has 1 aromatic heterocycles. The van der Waals surface area contributed by atoms with Gasteiger partial charge in [-0.25, -0.2) is 4.79 Å². The zero-order valence-corrected chi connectivity index (χ0v) is 16.8. The van der Waals surface area contributed by atoms with Crippen LogP contribution in [0, 0.1) is 0 Å². The highest BCUT2D eigenvalue weighted by molar-refractivity contribution is 7.16. The molecule has 1 saturated carbocycles. The van der Waals surface area contributed by atoms with Crippen LogP contribution in [0.1, 0.15) is 43.4 Å². The van der Waals surface area contributed by atoms with Gasteiger partial charge in [0.25, 0.3) is 5.91 Å². The molecule has 0 aromatic carbocycles. The highest BCUT2D eigenvalue weighted by atomic mass is 35.5. The number of urea groups is 1. The summed E-state index contributed by atoms with van der Waals surface area (Å²) < 4.78 is 0.653. The van der Waals surface area contributed by atoms with E-state index >= 15 is 0 Å². The lowest BCUT2D eigenvalue weighted by molar-refractivity contribution is -0.139. The Kier molecular flexibility index (Phi) is 6.22. The van der Waals surface area contributed by atoms with Crippen molar-refractivity contribution in [2.24, 2.45) is 0 Å². The number of rotatable bonds is 6. The smallest absolute Gasteiger partial charge is 0.325 e. The van der Waals surface area contributed by atoms with Gasteiger partial charge in [-0.05, 0) is 25.0 Å². The first-order valence-electron chi connectivity index (χ1n) is 9.22. The van der Waals surface area contributed by atoms with Crippen LogP contribution in [0.15, 0.2) is 24.8 Å². The predicted molar refractivity (Wildman–Crippen MR) is 106 cm³/mol. The van der Waals surface area contributed by atoms with E-state index in [1.54, 1.807) is 17.0 Å². The Morgan fingerprint density at radius 3 is 2.59 bits per heavy atom. The maximum absolute atomic E-state index is 13.0. The third-order valence-corrected chi connectivity index (χ3v) is 6.39. The number of hydrogen-bond donors (Lipinski definition) is 1. The van der Waals surface area contributed by atoms with Gasteiger partial charge in [-0.15, -0.1) is 17.9 Å². The van der Waals surface area contributed by atoms with E-state index in [4.69, 9.17) is 11.6 Å². The van der Waals surface area contributed by atoms with Crippen LogP contribution >= 0.6 is 22.9 Å². The molecule has 8 heteroatoms. The molecule has 0 radical (unpaired) electrons. The summed E-state index contributed by atoms with van der Waals surface area (Å²) in [6.45, 7) is 4.15. The van der Waals surface area contributed by atoms with Gasteiger partial charge in [0.15, 0.2) is 0 Å². The largest absolute Gasteiger partial charge is 0.332 e. The van der Waals surface area contributed by atoms with Gasteiger partial charge in [0.05, 0.1) is 10.9 Å². The van der Waals surface area contributed by atoms with E-state index in [0.29, 0.717) is 30.3 Å². The van der Waals surface area contributed by atoms with Gasteiger partial charge >= 0.3 is 6.03 Å². The molecule has 1 N–H and O–H groups in total. The average molecular weight is 410 g/mol. The maximum Gasteiger partial charge on any atom is 0.325 e. The van der Waals surface area contributed by atoms with Crippen LogP contribution in [0.2, 0.25) is 4.34 Å². The van der Waals surface area contributed by atoms with Crippen LogP contribution in [0.5, 0.6) is 0 Å². The number of halogens is 1. The van der Waals surface area contributed by atoms with Gasteiger partial charge in [0, 0.05) is 11.4 Å². The molecule has 1 aromatic rings. The van der Waals surface area contributed by atoms with Gasteiger partial charge in [-0.2, -0.15) is 0 Å². The quantitative estimate of drug-likeness (QED) is 0.576. The second-order valence-electron chi connectivity index (χ2n) is 7.09. The van der Waals surface area contributed by atoms with Gasteiger partial charge < -0.3 is 10.2 Å². The zero-order chi connectivity index (χ0) is 19.4. The van der Waals surface area contributed by atoms with Crippen LogP contribution in [0.4, 0.5) is 4.79 Å². The van der Waals surface area contributed by atoms with Gasteiger partial charge in [0.1, 0.15) is 12.1 Å². The van der Waals surface area contributed by atoms with Crippen molar-refractivity contribution in [2.75, 3.05) is 13.1 Å². The molecule has 2 fully saturated rings. The SMILES string of the molecule is C=CCN(Cc1ccc(Cl)s1)C(=O)CN1C(=O)NC2(CCCCCC2)C1=O. The van der Waals surface area contributed by atoms with E-state index in [-0.39, 0.29) is 18.4 Å². The maximum atomic E-state index is 13.0. The molecule has 2 aliphatic rings. The highest BCUT2D eigenvalue weighted by Gasteiger charge is 2.51. The molecule has 0 atom stereocenters. The second kappa shape index (κ2) is 8.44. The van der Waals surface area contributed by atoms with Gasteiger partial charge in [-0.3, -0.25) is 14.5 Å². The van der Waals surface area contributed by atoms with Crippen LogP contribution in [-0.4, -0.2) is 46.3 Å². The summed E-state index contributed by atoms with van der Waals surface area (Å²) in [6.07, 6.45) is 6.89. The van der Waals surface area contributed by atoms with Gasteiger partial charge in [0.2, 0.25) is 5.91 Å². The van der Waals surface area contributed by atoms with Crippen molar-refractivity contribution in [3.05, 3.63) is 34.0 Å². The van der Waals surface area contributed by atoms with E-state index in [9.17, 15) is 14.4 Å². The first-order chi connectivity index (χ1) is 12.9. The number of carbonyl (C=O) groups is 3. The number of carbonyl (C=O) groups excluding carboxylic acids is 3. The number of nitrogens with zero attached hydrogens (tertiary/aromatic N) is 2. The van der Waals surface area contributed by atoms with E-state index in [0.717, 1.165) is 35.5 Å². The minimum Gasteiger partial charge on any atom is -0.332 e. The molecule has 6 nitrogen and oxygen atoms in total. The molecule has 1 aliphatic heterocycles. The number of hydrogen-bond acceptors (Lipinski definition) is 4. The first-order valence-corrected chi connectivity index (χ1v) is 10.4. The summed E-state index contributed by atoms with van der Waals surface area (Å²) in [4.78, 5) is 41.8. The van der Waals surface area contributed by atoms with Crippen LogP contribution in [0.25, 0.3) is 0 Å². The van der Waals surface area contributed by atoms with Crippen molar-refractivity contribution >= 4 is 40.8 Å². The minimum atomic E-state index is -0.821. The Bertz CT molecular complexity index is 740. The second-order valence-corrected chi connectivity index (χ2v) is 8.89. The summed E-state index contributed by atoms with van der Waals surface area (Å²) >= 11 is 7.36. The van der Waals surface area contributed by atoms with E-state index in [1.807, 2.05) is 6.07 Å². The third-order valence-electron chi connectivity index (χ3n) is 5.17. The summed E-state index contributed by atoms with van der Waals surface area (Å²) in [6, 6.07) is 3.18. The Hall–Kier alpha value is -1.86. The molecular weight excluding hydrogens is 386 g/mol. The van der Waals surface area contributed by atoms with E-state index in [1.165, 1.54) is 11.3 Å². The predicted octanol–water partition coefficient (Wildman–Crippen LogP) is 3.56. The first kappa shape index (κ1) is 19.9. The molecule has 1 aliphatic carbocycles. The van der Waals surface area contributed by atoms with Crippen molar-refractivity contribution < 1.29 is 14.4 Å². The summed E-state index contributed by atoms with van der Waals surface area (Å²) in [7, 11) is 0. The van der Waals surface area contributed by atoms with Crippen molar-refractivity contribution in [3.63, 3.8) is 0 Å². The van der Waals surface area contributed by atoms with Crippen molar-refractivity contribution in [1.29, 1.82) is 0 Å². The Morgan fingerprint density at radius 1 is 1.30 bits per heavy atom. The standard InChI is InChI=1S/C19H24ClN3O3S/c1-2-11-22(12-14-7-8-15(20)27-14)16(24)13-23-17(25)19(21-18(23)26)9-5-3-4-6-10-19/h2,7-8H,1,3-6,9-13H2,(H,21,26). The summed E-state index contributed by atoms with van der Waals surface area (Å²) in [5.41, 5.74) is -0.821. The van der Waals surface area contributed by atoms with Crippen molar-refractivity contribution in [3.8, 4) is 0 Å². The van der Waals surface area contributed by atoms with Crippen molar-refractivity contribution in [1.82, 2.24) is 15.1 Å². The molecule has 0 bridgehead atoms. The van der Waals surface area contributed by atoms with E-state index < -0.39 is 11.6 Å². The number of imide groups is 1. The van der Waals surface area contributed by atoms with E-state index in [2.05, 4.69) is 11.9 Å². The fraction of sp³-hybridized carbons (Fsp3) is 0.526. The number of amides is 4. The fourth-order valence-corrected chi connectivity index (χ4v) is 4.86. The Morgan fingerprint density at radius 2 is 2.00 bits per heavy atom.